The molecule has 1 heterocycles. The Morgan fingerprint density at radius 3 is 2.06 bits per heavy atom. The zero-order valence-corrected chi connectivity index (χ0v) is 20.5. The Labute approximate surface area is 202 Å². The lowest BCUT2D eigenvalue weighted by Gasteiger charge is -2.27. The zero-order chi connectivity index (χ0) is 25.3. The molecule has 1 N–H and O–H groups in total. The van der Waals surface area contributed by atoms with E-state index in [4.69, 9.17) is 14.2 Å². The largest absolute Gasteiger partial charge is 0.467 e. The molecule has 186 valence electrons. The normalized spacial score (nSPS) is 14.7. The van der Waals surface area contributed by atoms with Gasteiger partial charge in [0.05, 0.1) is 18.2 Å². The van der Waals surface area contributed by atoms with Crippen LogP contribution in [0.25, 0.3) is 0 Å². The third-order valence-corrected chi connectivity index (χ3v) is 6.24. The molecular weight excluding hydrogens is 464 g/mol. The third-order valence-electron chi connectivity index (χ3n) is 5.40. The number of nitrogens with one attached hydrogen (secondary N) is 1. The van der Waals surface area contributed by atoms with E-state index in [0.29, 0.717) is 12.8 Å². The fraction of sp³-hybridized carbons (Fsp3) is 0.522. The molecule has 1 aromatic carbocycles. The van der Waals surface area contributed by atoms with Crippen LogP contribution in [0.3, 0.4) is 0 Å². The monoisotopic (exact) mass is 494 g/mol. The summed E-state index contributed by atoms with van der Waals surface area (Å²) in [5, 5.41) is 2.47. The fourth-order valence-corrected chi connectivity index (χ4v) is 4.29. The summed E-state index contributed by atoms with van der Waals surface area (Å²) in [6, 6.07) is 4.12. The molecular formula is C23H30N2O8S. The third kappa shape index (κ3) is 6.87. The summed E-state index contributed by atoms with van der Waals surface area (Å²) in [5.41, 5.74) is 0.415. The van der Waals surface area contributed by atoms with Crippen molar-refractivity contribution < 1.29 is 38.2 Å². The van der Waals surface area contributed by atoms with Crippen molar-refractivity contribution in [1.82, 2.24) is 10.2 Å². The first-order valence-electron chi connectivity index (χ1n) is 10.8. The second-order valence-corrected chi connectivity index (χ2v) is 8.86. The molecule has 0 bridgehead atoms. The van der Waals surface area contributed by atoms with Crippen LogP contribution in [0, 0.1) is 0 Å². The van der Waals surface area contributed by atoms with Crippen LogP contribution in [0.5, 0.6) is 0 Å². The summed E-state index contributed by atoms with van der Waals surface area (Å²) in [7, 11) is 4.21. The van der Waals surface area contributed by atoms with Crippen LogP contribution < -0.4 is 5.32 Å². The molecule has 0 unspecified atom stereocenters. The highest BCUT2D eigenvalue weighted by Crippen LogP contribution is 2.26. The van der Waals surface area contributed by atoms with Crippen molar-refractivity contribution in [2.75, 3.05) is 27.1 Å². The predicted molar refractivity (Wildman–Crippen MR) is 124 cm³/mol. The Bertz CT molecular complexity index is 883. The van der Waals surface area contributed by atoms with Crippen molar-refractivity contribution in [2.45, 2.75) is 51.0 Å². The van der Waals surface area contributed by atoms with E-state index < -0.39 is 42.1 Å². The number of benzene rings is 1. The zero-order valence-electron chi connectivity index (χ0n) is 19.7. The second kappa shape index (κ2) is 13.2. The van der Waals surface area contributed by atoms with Crippen molar-refractivity contribution in [3.05, 3.63) is 35.4 Å². The van der Waals surface area contributed by atoms with E-state index in [2.05, 4.69) is 5.32 Å². The number of hydrogen-bond donors (Lipinski definition) is 1. The lowest BCUT2D eigenvalue weighted by Crippen LogP contribution is -2.53. The number of carbonyl (C=O) groups is 5. The van der Waals surface area contributed by atoms with Crippen LogP contribution in [0.15, 0.2) is 24.3 Å². The van der Waals surface area contributed by atoms with Crippen LogP contribution in [-0.2, 0) is 28.6 Å². The van der Waals surface area contributed by atoms with E-state index in [1.54, 1.807) is 12.1 Å². The second-order valence-electron chi connectivity index (χ2n) is 7.59. The summed E-state index contributed by atoms with van der Waals surface area (Å²) in [6.45, 7) is 1.39. The molecule has 3 amide bonds. The number of nitrogens with zero attached hydrogens (tertiary/aromatic N) is 1. The lowest BCUT2D eigenvalue weighted by molar-refractivity contribution is -0.146. The summed E-state index contributed by atoms with van der Waals surface area (Å²) in [5.74, 6) is -2.30. The van der Waals surface area contributed by atoms with E-state index in [1.807, 2.05) is 0 Å². The number of amides is 3. The number of methoxy groups -OCH3 is 3. The first-order valence-corrected chi connectivity index (χ1v) is 11.8. The quantitative estimate of drug-likeness (QED) is 0.248. The van der Waals surface area contributed by atoms with E-state index >= 15 is 0 Å². The van der Waals surface area contributed by atoms with Gasteiger partial charge in [-0.3, -0.25) is 24.1 Å². The molecule has 1 aliphatic heterocycles. The Morgan fingerprint density at radius 1 is 0.971 bits per heavy atom. The van der Waals surface area contributed by atoms with Gasteiger partial charge in [0.25, 0.3) is 11.8 Å². The predicted octanol–water partition coefficient (Wildman–Crippen LogP) is 1.77. The van der Waals surface area contributed by atoms with E-state index in [-0.39, 0.29) is 34.8 Å². The molecule has 1 aromatic rings. The number of ether oxygens (including phenoxy) is 3. The molecule has 0 spiro atoms. The van der Waals surface area contributed by atoms with Gasteiger partial charge >= 0.3 is 5.97 Å². The standard InChI is InChI=1S/C23H30N2O8S/c1-14(26)34-13-12-18(25-21(28)15-8-5-6-9-16(15)22(25)29)20(27)24-17(23(30)33-4)10-7-11-19(31-2)32-3/h5-6,8-9,17-19H,7,10-13H2,1-4H3,(H,24,27)/t17-,18-/m0/s1. The highest BCUT2D eigenvalue weighted by molar-refractivity contribution is 8.13. The van der Waals surface area contributed by atoms with Crippen molar-refractivity contribution in [3.63, 3.8) is 0 Å². The molecule has 34 heavy (non-hydrogen) atoms. The first-order chi connectivity index (χ1) is 16.2. The minimum absolute atomic E-state index is 0.0465. The van der Waals surface area contributed by atoms with Gasteiger partial charge in [-0.2, -0.15) is 0 Å². The maximum absolute atomic E-state index is 13.3. The number of hydrogen-bond acceptors (Lipinski definition) is 9. The van der Waals surface area contributed by atoms with Gasteiger partial charge in [-0.15, -0.1) is 0 Å². The maximum atomic E-state index is 13.3. The first kappa shape index (κ1) is 27.5. The Balaban J connectivity index is 2.21. The van der Waals surface area contributed by atoms with Crippen LogP contribution >= 0.6 is 11.8 Å². The summed E-state index contributed by atoms with van der Waals surface area (Å²) < 4.78 is 15.1. The van der Waals surface area contributed by atoms with Crippen molar-refractivity contribution >= 4 is 40.6 Å². The number of rotatable bonds is 13. The van der Waals surface area contributed by atoms with Crippen LogP contribution in [0.4, 0.5) is 0 Å². The Morgan fingerprint density at radius 2 is 1.56 bits per heavy atom. The van der Waals surface area contributed by atoms with Gasteiger partial charge in [0, 0.05) is 26.9 Å². The number of thioether (sulfide) groups is 1. The topological polar surface area (TPSA) is 128 Å². The van der Waals surface area contributed by atoms with E-state index in [1.165, 1.54) is 40.4 Å². The number of esters is 1. The van der Waals surface area contributed by atoms with Gasteiger partial charge in [0.2, 0.25) is 5.91 Å². The van der Waals surface area contributed by atoms with Crippen molar-refractivity contribution in [2.24, 2.45) is 0 Å². The highest BCUT2D eigenvalue weighted by Gasteiger charge is 2.43. The number of fused-ring (bicyclic) bond motifs is 1. The SMILES string of the molecule is COC(=O)[C@H](CCCC(OC)OC)NC(=O)[C@H](CCSC(C)=O)N1C(=O)c2ccccc2C1=O. The molecule has 0 saturated carbocycles. The lowest BCUT2D eigenvalue weighted by atomic mass is 10.1. The van der Waals surface area contributed by atoms with Gasteiger partial charge in [0.15, 0.2) is 11.4 Å². The van der Waals surface area contributed by atoms with Gasteiger partial charge in [-0.05, 0) is 37.8 Å². The summed E-state index contributed by atoms with van der Waals surface area (Å²) in [6.07, 6.45) is 0.782. The van der Waals surface area contributed by atoms with Crippen LogP contribution in [0.2, 0.25) is 0 Å². The molecule has 10 nitrogen and oxygen atoms in total. The average molecular weight is 495 g/mol. The molecule has 2 rings (SSSR count). The molecule has 2 atom stereocenters. The maximum Gasteiger partial charge on any atom is 0.328 e. The van der Waals surface area contributed by atoms with Gasteiger partial charge in [-0.1, -0.05) is 23.9 Å². The average Bonchev–Trinajstić information content (AvgIpc) is 3.08. The minimum atomic E-state index is -1.20. The number of carbonyl (C=O) groups excluding carboxylic acids is 5. The molecule has 1 aliphatic rings. The van der Waals surface area contributed by atoms with E-state index in [9.17, 15) is 24.0 Å². The fourth-order valence-electron chi connectivity index (χ4n) is 3.66. The molecule has 0 aliphatic carbocycles. The van der Waals surface area contributed by atoms with Crippen LogP contribution in [0.1, 0.15) is 53.3 Å². The highest BCUT2D eigenvalue weighted by atomic mass is 32.2. The molecule has 0 radical (unpaired) electrons. The van der Waals surface area contributed by atoms with Gasteiger partial charge in [-0.25, -0.2) is 4.79 Å². The summed E-state index contributed by atoms with van der Waals surface area (Å²) >= 11 is 0.986. The smallest absolute Gasteiger partial charge is 0.328 e. The molecule has 0 saturated heterocycles. The van der Waals surface area contributed by atoms with Crippen molar-refractivity contribution in [1.29, 1.82) is 0 Å². The van der Waals surface area contributed by atoms with Crippen molar-refractivity contribution in [3.8, 4) is 0 Å². The Hall–Kier alpha value is -2.76. The minimum Gasteiger partial charge on any atom is -0.467 e. The summed E-state index contributed by atoms with van der Waals surface area (Å²) in [4.78, 5) is 63.8. The molecule has 0 fully saturated rings. The van der Waals surface area contributed by atoms with Gasteiger partial charge < -0.3 is 19.5 Å². The number of imide groups is 1. The molecule has 0 aromatic heterocycles. The Kier molecular flexibility index (Phi) is 10.7. The van der Waals surface area contributed by atoms with E-state index in [0.717, 1.165) is 16.7 Å². The van der Waals surface area contributed by atoms with Gasteiger partial charge in [0.1, 0.15) is 12.1 Å². The van der Waals surface area contributed by atoms with Crippen LogP contribution in [-0.4, -0.2) is 79.2 Å². The molecule has 11 heteroatoms.